The number of aromatic amines is 1. The van der Waals surface area contributed by atoms with Crippen LogP contribution in [0.5, 0.6) is 5.75 Å². The van der Waals surface area contributed by atoms with Crippen LogP contribution in [0.15, 0.2) is 36.5 Å². The minimum atomic E-state index is 0.265. The Balaban J connectivity index is 1.43. The number of hydrogen-bond acceptors (Lipinski definition) is 3. The fourth-order valence-electron chi connectivity index (χ4n) is 3.92. The summed E-state index contributed by atoms with van der Waals surface area (Å²) in [4.78, 5) is 14.9. The Morgan fingerprint density at radius 2 is 2.21 bits per heavy atom. The van der Waals surface area contributed by atoms with Crippen molar-refractivity contribution in [3.8, 4) is 5.75 Å². The van der Waals surface area contributed by atoms with E-state index < -0.39 is 0 Å². The molecule has 24 heavy (non-hydrogen) atoms. The summed E-state index contributed by atoms with van der Waals surface area (Å²) >= 11 is 0. The van der Waals surface area contributed by atoms with Gasteiger partial charge < -0.3 is 9.64 Å². The van der Waals surface area contributed by atoms with Crippen LogP contribution in [0.25, 0.3) is 0 Å². The molecule has 5 heteroatoms. The zero-order valence-electron chi connectivity index (χ0n) is 13.8. The molecule has 2 atom stereocenters. The van der Waals surface area contributed by atoms with E-state index in [2.05, 4.69) is 16.3 Å². The highest BCUT2D eigenvalue weighted by atomic mass is 16.5. The first-order valence-electron chi connectivity index (χ1n) is 8.80. The number of aromatic nitrogens is 2. The number of H-pyrrole nitrogens is 1. The van der Waals surface area contributed by atoms with Crippen molar-refractivity contribution in [3.63, 3.8) is 0 Å². The van der Waals surface area contributed by atoms with E-state index in [1.54, 1.807) is 6.20 Å². The van der Waals surface area contributed by atoms with Crippen LogP contribution < -0.4 is 4.74 Å². The number of piperidine rings is 1. The molecule has 0 radical (unpaired) electrons. The van der Waals surface area contributed by atoms with Gasteiger partial charge in [0.15, 0.2) is 0 Å². The highest BCUT2D eigenvalue weighted by Crippen LogP contribution is 2.36. The molecule has 2 aromatic rings. The molecule has 2 aliphatic heterocycles. The minimum absolute atomic E-state index is 0.265. The van der Waals surface area contributed by atoms with E-state index in [0.29, 0.717) is 18.9 Å². The summed E-state index contributed by atoms with van der Waals surface area (Å²) in [6.45, 7) is 2.37. The molecule has 126 valence electrons. The first-order chi connectivity index (χ1) is 11.8. The van der Waals surface area contributed by atoms with Crippen LogP contribution in [0.3, 0.4) is 0 Å². The van der Waals surface area contributed by atoms with Crippen LogP contribution >= 0.6 is 0 Å². The Labute approximate surface area is 142 Å². The second kappa shape index (κ2) is 6.67. The number of benzene rings is 1. The maximum atomic E-state index is 12.9. The van der Waals surface area contributed by atoms with Crippen molar-refractivity contribution >= 4 is 5.91 Å². The third-order valence-corrected chi connectivity index (χ3v) is 5.24. The van der Waals surface area contributed by atoms with Gasteiger partial charge in [0.1, 0.15) is 5.75 Å². The Morgan fingerprint density at radius 3 is 3.08 bits per heavy atom. The first-order valence-corrected chi connectivity index (χ1v) is 8.80. The number of amides is 1. The standard InChI is InChI=1S/C19H23N3O2/c23-19(12-14-8-11-24-18-6-2-1-5-16(14)18)22-10-3-4-15(13-22)17-7-9-20-21-17/h1-2,5-7,9,14-15H,3-4,8,10-13H2,(H,20,21)/t14-,15+/m0/s1. The van der Waals surface area contributed by atoms with Crippen LogP contribution in [0.2, 0.25) is 0 Å². The Bertz CT molecular complexity index is 698. The Morgan fingerprint density at radius 1 is 1.29 bits per heavy atom. The number of nitrogens with zero attached hydrogens (tertiary/aromatic N) is 2. The summed E-state index contributed by atoms with van der Waals surface area (Å²) in [5.41, 5.74) is 2.32. The van der Waals surface area contributed by atoms with Gasteiger partial charge >= 0.3 is 0 Å². The predicted molar refractivity (Wildman–Crippen MR) is 91.1 cm³/mol. The van der Waals surface area contributed by atoms with Crippen molar-refractivity contribution in [1.29, 1.82) is 0 Å². The summed E-state index contributed by atoms with van der Waals surface area (Å²) in [5.74, 6) is 1.86. The van der Waals surface area contributed by atoms with E-state index in [9.17, 15) is 4.79 Å². The Kier molecular flexibility index (Phi) is 4.24. The summed E-state index contributed by atoms with van der Waals surface area (Å²) < 4.78 is 5.71. The molecule has 1 amide bonds. The van der Waals surface area contributed by atoms with E-state index in [4.69, 9.17) is 4.74 Å². The zero-order chi connectivity index (χ0) is 16.4. The molecule has 5 nitrogen and oxygen atoms in total. The third kappa shape index (κ3) is 3.03. The van der Waals surface area contributed by atoms with Crippen molar-refractivity contribution in [2.75, 3.05) is 19.7 Å². The average molecular weight is 325 g/mol. The number of para-hydroxylation sites is 1. The van der Waals surface area contributed by atoms with Gasteiger partial charge in [-0.2, -0.15) is 5.10 Å². The van der Waals surface area contributed by atoms with Crippen molar-refractivity contribution in [2.45, 2.75) is 37.5 Å². The second-order valence-corrected chi connectivity index (χ2v) is 6.77. The van der Waals surface area contributed by atoms with Gasteiger partial charge in [0.25, 0.3) is 0 Å². The SMILES string of the molecule is O=C(C[C@@H]1CCOc2ccccc21)N1CCC[C@@H](c2ccn[nH]2)C1. The normalized spacial score (nSPS) is 23.4. The maximum absolute atomic E-state index is 12.9. The third-order valence-electron chi connectivity index (χ3n) is 5.24. The van der Waals surface area contributed by atoms with Gasteiger partial charge in [-0.3, -0.25) is 9.89 Å². The molecular formula is C19H23N3O2. The largest absolute Gasteiger partial charge is 0.493 e. The summed E-state index contributed by atoms with van der Waals surface area (Å²) in [5, 5.41) is 7.10. The number of nitrogens with one attached hydrogen (secondary N) is 1. The lowest BCUT2D eigenvalue weighted by Gasteiger charge is -2.34. The minimum Gasteiger partial charge on any atom is -0.493 e. The predicted octanol–water partition coefficient (Wildman–Crippen LogP) is 3.07. The van der Waals surface area contributed by atoms with Gasteiger partial charge in [0.2, 0.25) is 5.91 Å². The van der Waals surface area contributed by atoms with Gasteiger partial charge in [0.05, 0.1) is 6.61 Å². The maximum Gasteiger partial charge on any atom is 0.223 e. The van der Waals surface area contributed by atoms with E-state index in [0.717, 1.165) is 43.8 Å². The van der Waals surface area contributed by atoms with Gasteiger partial charge in [-0.15, -0.1) is 0 Å². The van der Waals surface area contributed by atoms with Gasteiger partial charge in [-0.05, 0) is 42.9 Å². The van der Waals surface area contributed by atoms with Crippen LogP contribution in [0.1, 0.15) is 48.8 Å². The number of ether oxygens (including phenoxy) is 1. The highest BCUT2D eigenvalue weighted by molar-refractivity contribution is 5.77. The number of carbonyl (C=O) groups excluding carboxylic acids is 1. The van der Waals surface area contributed by atoms with E-state index in [1.165, 1.54) is 5.56 Å². The first kappa shape index (κ1) is 15.2. The van der Waals surface area contributed by atoms with Crippen LogP contribution in [-0.2, 0) is 4.79 Å². The van der Waals surface area contributed by atoms with E-state index in [1.807, 2.05) is 29.2 Å². The lowest BCUT2D eigenvalue weighted by Crippen LogP contribution is -2.40. The molecule has 0 bridgehead atoms. The second-order valence-electron chi connectivity index (χ2n) is 6.77. The van der Waals surface area contributed by atoms with Crippen molar-refractivity contribution in [3.05, 3.63) is 47.8 Å². The number of fused-ring (bicyclic) bond motifs is 1. The lowest BCUT2D eigenvalue weighted by molar-refractivity contribution is -0.133. The number of rotatable bonds is 3. The summed E-state index contributed by atoms with van der Waals surface area (Å²) in [6, 6.07) is 10.1. The fourth-order valence-corrected chi connectivity index (χ4v) is 3.92. The number of hydrogen-bond donors (Lipinski definition) is 1. The zero-order valence-corrected chi connectivity index (χ0v) is 13.8. The number of likely N-dealkylation sites (tertiary alicyclic amines) is 1. The molecule has 1 fully saturated rings. The molecule has 4 rings (SSSR count). The van der Waals surface area contributed by atoms with Crippen LogP contribution in [0.4, 0.5) is 0 Å². The Hall–Kier alpha value is -2.30. The summed E-state index contributed by atoms with van der Waals surface area (Å²) in [6.07, 6.45) is 5.46. The molecule has 1 saturated heterocycles. The highest BCUT2D eigenvalue weighted by Gasteiger charge is 2.29. The van der Waals surface area contributed by atoms with Crippen molar-refractivity contribution in [2.24, 2.45) is 0 Å². The van der Waals surface area contributed by atoms with Crippen molar-refractivity contribution < 1.29 is 9.53 Å². The quantitative estimate of drug-likeness (QED) is 0.943. The van der Waals surface area contributed by atoms with Crippen LogP contribution in [-0.4, -0.2) is 40.7 Å². The molecule has 1 aromatic heterocycles. The topological polar surface area (TPSA) is 58.2 Å². The van der Waals surface area contributed by atoms with E-state index in [-0.39, 0.29) is 11.8 Å². The smallest absolute Gasteiger partial charge is 0.223 e. The summed E-state index contributed by atoms with van der Waals surface area (Å²) in [7, 11) is 0. The number of carbonyl (C=O) groups is 1. The molecule has 1 aromatic carbocycles. The van der Waals surface area contributed by atoms with Gasteiger partial charge in [0, 0.05) is 37.3 Å². The van der Waals surface area contributed by atoms with Crippen LogP contribution in [0, 0.1) is 0 Å². The lowest BCUT2D eigenvalue weighted by atomic mass is 9.89. The molecule has 0 unspecified atom stereocenters. The van der Waals surface area contributed by atoms with Gasteiger partial charge in [-0.25, -0.2) is 0 Å². The fraction of sp³-hybridized carbons (Fsp3) is 0.474. The molecule has 2 aliphatic rings. The molecule has 0 saturated carbocycles. The van der Waals surface area contributed by atoms with E-state index >= 15 is 0 Å². The molecule has 1 N–H and O–H groups in total. The average Bonchev–Trinajstić information content (AvgIpc) is 3.17. The molecule has 3 heterocycles. The molecular weight excluding hydrogens is 302 g/mol. The van der Waals surface area contributed by atoms with Crippen molar-refractivity contribution in [1.82, 2.24) is 15.1 Å². The molecule has 0 aliphatic carbocycles. The monoisotopic (exact) mass is 325 g/mol. The molecule has 0 spiro atoms. The van der Waals surface area contributed by atoms with Gasteiger partial charge in [-0.1, -0.05) is 18.2 Å².